The van der Waals surface area contributed by atoms with Crippen LogP contribution >= 0.6 is 0 Å². The molecule has 0 radical (unpaired) electrons. The zero-order valence-electron chi connectivity index (χ0n) is 24.4. The Hall–Kier alpha value is -3.51. The molecule has 220 valence electrons. The highest BCUT2D eigenvalue weighted by Crippen LogP contribution is 2.65. The van der Waals surface area contributed by atoms with Crippen LogP contribution in [0.25, 0.3) is 0 Å². The van der Waals surface area contributed by atoms with Crippen molar-refractivity contribution < 1.29 is 13.9 Å². The van der Waals surface area contributed by atoms with E-state index in [9.17, 15) is 10.1 Å². The number of hydrogen-bond acceptors (Lipinski definition) is 7. The molecule has 2 spiro atoms. The highest BCUT2D eigenvalue weighted by Gasteiger charge is 2.60. The summed E-state index contributed by atoms with van der Waals surface area (Å²) in [6.07, 6.45) is 9.39. The minimum atomic E-state index is -0.245. The van der Waals surface area contributed by atoms with Gasteiger partial charge in [0, 0.05) is 43.1 Å². The van der Waals surface area contributed by atoms with Crippen molar-refractivity contribution in [1.29, 1.82) is 5.26 Å². The minimum Gasteiger partial charge on any atom is -0.462 e. The highest BCUT2D eigenvalue weighted by atomic mass is 19.1. The van der Waals surface area contributed by atoms with E-state index >= 15 is 4.39 Å². The number of halogens is 1. The van der Waals surface area contributed by atoms with Crippen molar-refractivity contribution in [3.05, 3.63) is 59.1 Å². The van der Waals surface area contributed by atoms with E-state index in [0.29, 0.717) is 38.3 Å². The van der Waals surface area contributed by atoms with Crippen LogP contribution in [0.5, 0.6) is 6.01 Å². The number of piperazine rings is 1. The summed E-state index contributed by atoms with van der Waals surface area (Å²) < 4.78 is 21.5. The number of ether oxygens (including phenoxy) is 1. The van der Waals surface area contributed by atoms with E-state index in [-0.39, 0.29) is 35.0 Å². The number of rotatable bonds is 6. The number of likely N-dealkylation sites (tertiary alicyclic amines) is 1. The van der Waals surface area contributed by atoms with Crippen molar-refractivity contribution in [3.8, 4) is 12.1 Å². The van der Waals surface area contributed by atoms with Crippen LogP contribution in [-0.2, 0) is 28.5 Å². The molecule has 2 saturated heterocycles. The Kier molecular flexibility index (Phi) is 6.73. The van der Waals surface area contributed by atoms with Gasteiger partial charge in [0.05, 0.1) is 24.2 Å². The molecule has 7 rings (SSSR count). The Morgan fingerprint density at radius 2 is 2.07 bits per heavy atom. The molecule has 8 nitrogen and oxygen atoms in total. The second-order valence-electron chi connectivity index (χ2n) is 13.1. The van der Waals surface area contributed by atoms with Crippen molar-refractivity contribution in [1.82, 2.24) is 19.8 Å². The summed E-state index contributed by atoms with van der Waals surface area (Å²) in [5, 5.41) is 9.54. The molecule has 42 heavy (non-hydrogen) atoms. The van der Waals surface area contributed by atoms with Crippen LogP contribution in [0.2, 0.25) is 0 Å². The maximum Gasteiger partial charge on any atom is 0.318 e. The lowest BCUT2D eigenvalue weighted by Gasteiger charge is -2.42. The Labute approximate surface area is 247 Å². The Morgan fingerprint density at radius 3 is 2.81 bits per heavy atom. The van der Waals surface area contributed by atoms with Gasteiger partial charge in [-0.05, 0) is 87.2 Å². The van der Waals surface area contributed by atoms with Gasteiger partial charge in [-0.2, -0.15) is 15.2 Å². The molecule has 5 aliphatic rings. The van der Waals surface area contributed by atoms with Crippen LogP contribution in [0.1, 0.15) is 67.3 Å². The average molecular weight is 571 g/mol. The number of nitrogens with zero attached hydrogens (tertiary/aromatic N) is 6. The maximum atomic E-state index is 15.2. The van der Waals surface area contributed by atoms with Gasteiger partial charge in [-0.3, -0.25) is 4.79 Å². The molecule has 3 atom stereocenters. The first kappa shape index (κ1) is 27.3. The van der Waals surface area contributed by atoms with Gasteiger partial charge in [0.15, 0.2) is 0 Å². The molecule has 1 aromatic heterocycles. The topological polar surface area (TPSA) is 85.6 Å². The minimum absolute atomic E-state index is 0.0149. The highest BCUT2D eigenvalue weighted by molar-refractivity contribution is 5.87. The second kappa shape index (κ2) is 10.3. The number of carbonyl (C=O) groups excluding carboxylic acids is 1. The molecule has 1 unspecified atom stereocenters. The third kappa shape index (κ3) is 4.46. The van der Waals surface area contributed by atoms with Crippen LogP contribution < -0.4 is 9.64 Å². The van der Waals surface area contributed by atoms with Gasteiger partial charge in [-0.25, -0.2) is 4.39 Å². The molecule has 2 aromatic rings. The number of anilines is 1. The van der Waals surface area contributed by atoms with Crippen molar-refractivity contribution in [2.45, 2.75) is 80.7 Å². The standard InChI is InChI=1S/C33H39FN6O2/c1-3-28(41)40-17-16-39(19-22(40)10-14-35)30-24-9-11-33(21-32(12-13-32)29-25(33)7-4-8-26(29)34)18-27(24)36-31(37-30)42-20-23-6-5-15-38(23)2/h3-4,7-8,22-23H,1,5-6,9-13,15-21H2,2H3/t22-,23-,33?/m0/s1. The smallest absolute Gasteiger partial charge is 0.318 e. The molecule has 3 fully saturated rings. The monoisotopic (exact) mass is 570 g/mol. The first-order valence-electron chi connectivity index (χ1n) is 15.4. The van der Waals surface area contributed by atoms with Crippen LogP contribution in [0.15, 0.2) is 30.9 Å². The Bertz CT molecular complexity index is 1470. The second-order valence-corrected chi connectivity index (χ2v) is 13.1. The number of likely N-dealkylation sites (N-methyl/N-ethyl adjacent to an activating group) is 1. The molecule has 1 aromatic carbocycles. The molecule has 1 amide bonds. The van der Waals surface area contributed by atoms with E-state index in [2.05, 4.69) is 35.6 Å². The number of carbonyl (C=O) groups is 1. The summed E-state index contributed by atoms with van der Waals surface area (Å²) >= 11 is 0. The molecule has 1 saturated carbocycles. The summed E-state index contributed by atoms with van der Waals surface area (Å²) in [5.41, 5.74) is 4.10. The fourth-order valence-electron chi connectivity index (χ4n) is 8.39. The van der Waals surface area contributed by atoms with Crippen molar-refractivity contribution >= 4 is 11.7 Å². The molecule has 0 bridgehead atoms. The molecule has 3 aliphatic carbocycles. The lowest BCUT2D eigenvalue weighted by atomic mass is 9.69. The van der Waals surface area contributed by atoms with Gasteiger partial charge < -0.3 is 19.4 Å². The maximum absolute atomic E-state index is 15.2. The average Bonchev–Trinajstić information content (AvgIpc) is 3.55. The largest absolute Gasteiger partial charge is 0.462 e. The van der Waals surface area contributed by atoms with Gasteiger partial charge in [0.1, 0.15) is 18.2 Å². The number of amides is 1. The first-order valence-corrected chi connectivity index (χ1v) is 15.4. The molecule has 0 N–H and O–H groups in total. The van der Waals surface area contributed by atoms with E-state index < -0.39 is 0 Å². The van der Waals surface area contributed by atoms with Crippen molar-refractivity contribution in [3.63, 3.8) is 0 Å². The number of aromatic nitrogens is 2. The Morgan fingerprint density at radius 1 is 1.21 bits per heavy atom. The molecule has 9 heteroatoms. The number of hydrogen-bond donors (Lipinski definition) is 0. The predicted octanol–water partition coefficient (Wildman–Crippen LogP) is 4.07. The predicted molar refractivity (Wildman–Crippen MR) is 157 cm³/mol. The van der Waals surface area contributed by atoms with Gasteiger partial charge in [0.25, 0.3) is 0 Å². The molecule has 2 aliphatic heterocycles. The lowest BCUT2D eigenvalue weighted by molar-refractivity contribution is -0.128. The van der Waals surface area contributed by atoms with Gasteiger partial charge in [-0.15, -0.1) is 0 Å². The van der Waals surface area contributed by atoms with Gasteiger partial charge in [0.2, 0.25) is 5.91 Å². The van der Waals surface area contributed by atoms with E-state index in [1.165, 1.54) is 11.6 Å². The van der Waals surface area contributed by atoms with E-state index in [4.69, 9.17) is 14.7 Å². The zero-order valence-corrected chi connectivity index (χ0v) is 24.4. The van der Waals surface area contributed by atoms with Crippen LogP contribution in [0.4, 0.5) is 10.2 Å². The van der Waals surface area contributed by atoms with Gasteiger partial charge in [-0.1, -0.05) is 18.7 Å². The zero-order chi connectivity index (χ0) is 29.1. The summed E-state index contributed by atoms with van der Waals surface area (Å²) in [7, 11) is 2.13. The third-order valence-corrected chi connectivity index (χ3v) is 10.7. The quantitative estimate of drug-likeness (QED) is 0.484. The molecular weight excluding hydrogens is 531 g/mol. The first-order chi connectivity index (χ1) is 20.4. The Balaban J connectivity index is 1.24. The normalized spacial score (nSPS) is 27.5. The van der Waals surface area contributed by atoms with Gasteiger partial charge >= 0.3 is 6.01 Å². The summed E-state index contributed by atoms with van der Waals surface area (Å²) in [4.78, 5) is 28.9. The van der Waals surface area contributed by atoms with Crippen molar-refractivity contribution in [2.75, 3.05) is 44.7 Å². The SMILES string of the molecule is C=CC(=O)N1CCN(c2nc(OC[C@@H]3CCCN3C)nc3c2CCC2(C3)CC3(CC3)c3c(F)cccc32)C[C@@H]1CC#N. The fraction of sp³-hybridized carbons (Fsp3) is 0.576. The molecule has 3 heterocycles. The number of nitriles is 1. The van der Waals surface area contributed by atoms with Crippen molar-refractivity contribution in [2.24, 2.45) is 0 Å². The fourth-order valence-corrected chi connectivity index (χ4v) is 8.39. The lowest BCUT2D eigenvalue weighted by Crippen LogP contribution is -2.55. The summed E-state index contributed by atoms with van der Waals surface area (Å²) in [6, 6.07) is 8.38. The number of fused-ring (bicyclic) bond motifs is 4. The summed E-state index contributed by atoms with van der Waals surface area (Å²) in [5.74, 6) is 0.653. The van der Waals surface area contributed by atoms with Crippen LogP contribution in [0, 0.1) is 17.1 Å². The van der Waals surface area contributed by atoms with Crippen LogP contribution in [-0.4, -0.2) is 77.6 Å². The van der Waals surface area contributed by atoms with E-state index in [1.807, 2.05) is 6.07 Å². The molecular formula is C33H39FN6O2. The van der Waals surface area contributed by atoms with E-state index in [0.717, 1.165) is 80.6 Å². The third-order valence-electron chi connectivity index (χ3n) is 10.7. The van der Waals surface area contributed by atoms with E-state index in [1.54, 1.807) is 11.0 Å². The van der Waals surface area contributed by atoms with Crippen LogP contribution in [0.3, 0.4) is 0 Å². The number of benzene rings is 1. The summed E-state index contributed by atoms with van der Waals surface area (Å²) in [6.45, 7) is 6.88.